The van der Waals surface area contributed by atoms with Crippen molar-refractivity contribution in [2.45, 2.75) is 271 Å². The molecule has 10 atom stereocenters. The molecule has 10 aromatic rings. The van der Waals surface area contributed by atoms with E-state index in [-0.39, 0.29) is 0 Å². The van der Waals surface area contributed by atoms with Crippen LogP contribution in [0.4, 0.5) is 0 Å². The van der Waals surface area contributed by atoms with Gasteiger partial charge in [0.1, 0.15) is 0 Å². The van der Waals surface area contributed by atoms with E-state index in [1.807, 2.05) is 0 Å². The minimum Gasteiger partial charge on any atom is -0.0996 e. The van der Waals surface area contributed by atoms with Gasteiger partial charge in [-0.25, -0.2) is 0 Å². The van der Waals surface area contributed by atoms with Crippen LogP contribution in [0.25, 0.3) is 43.1 Å². The van der Waals surface area contributed by atoms with Crippen LogP contribution >= 0.6 is 0 Å². The third-order valence-electron chi connectivity index (χ3n) is 24.8. The Morgan fingerprint density at radius 3 is 0.811 bits per heavy atom. The lowest BCUT2D eigenvalue weighted by Crippen LogP contribution is -2.18. The summed E-state index contributed by atoms with van der Waals surface area (Å²) in [6.45, 7) is 70.4. The van der Waals surface area contributed by atoms with Crippen LogP contribution in [0.15, 0.2) is 182 Å². The highest BCUT2D eigenvalue weighted by Crippen LogP contribution is 2.36. The van der Waals surface area contributed by atoms with E-state index < -0.39 is 0 Å². The SMILES string of the molecule is C=C1CC(C)CCC1C.C=C1CC(C)CCC1C.CC1CCC(C)C(C)C1.CC1CCC(C)C(C)C1.Cc1cc(C)c2ccccc2c1C.Cc1cc(C)c2ccccc2c1C.Cc1ccc(C)c(C)c1.Cc1ccc(C)c(C)c1.Cc1ccc2c(C)c(C)ccc2c1.Cc1ccc2c(C)c(C)ccc2c1. The lowest BCUT2D eigenvalue weighted by atomic mass is 9.77. The highest BCUT2D eigenvalue weighted by molar-refractivity contribution is 5.91. The lowest BCUT2D eigenvalue weighted by molar-refractivity contribution is 0.220. The Labute approximate surface area is 651 Å². The summed E-state index contributed by atoms with van der Waals surface area (Å²) in [5.74, 6) is 9.31. The molecule has 0 heteroatoms. The van der Waals surface area contributed by atoms with Crippen molar-refractivity contribution in [2.75, 3.05) is 0 Å². The Morgan fingerprint density at radius 1 is 0.226 bits per heavy atom. The zero-order chi connectivity index (χ0) is 78.8. The summed E-state index contributed by atoms with van der Waals surface area (Å²) in [6, 6.07) is 56.8. The number of rotatable bonds is 0. The normalized spacial score (nSPS) is 20.8. The minimum absolute atomic E-state index is 0.793. The summed E-state index contributed by atoms with van der Waals surface area (Å²) in [5.41, 5.74) is 27.7. The van der Waals surface area contributed by atoms with Gasteiger partial charge in [0.25, 0.3) is 0 Å². The number of hydrogen-bond donors (Lipinski definition) is 0. The molecule has 0 spiro atoms. The maximum atomic E-state index is 4.05. The molecule has 0 aliphatic heterocycles. The third kappa shape index (κ3) is 28.4. The van der Waals surface area contributed by atoms with Crippen molar-refractivity contribution < 1.29 is 0 Å². The first-order valence-electron chi connectivity index (χ1n) is 41.2. The van der Waals surface area contributed by atoms with Gasteiger partial charge >= 0.3 is 0 Å². The second-order valence-electron chi connectivity index (χ2n) is 34.6. The van der Waals surface area contributed by atoms with E-state index in [2.05, 4.69) is 365 Å². The molecule has 14 rings (SSSR count). The van der Waals surface area contributed by atoms with Crippen LogP contribution in [-0.2, 0) is 0 Å². The van der Waals surface area contributed by atoms with Gasteiger partial charge in [-0.3, -0.25) is 0 Å². The smallest absolute Gasteiger partial charge is 0.0149 e. The van der Waals surface area contributed by atoms with Crippen LogP contribution in [0.5, 0.6) is 0 Å². The summed E-state index contributed by atoms with van der Waals surface area (Å²) in [6.07, 6.45) is 16.8. The van der Waals surface area contributed by atoms with Crippen LogP contribution < -0.4 is 0 Å². The Bertz CT molecular complexity index is 4120. The number of benzene rings is 10. The number of aryl methyl sites for hydroxylation is 18. The van der Waals surface area contributed by atoms with E-state index in [1.54, 1.807) is 0 Å². The van der Waals surface area contributed by atoms with Crippen LogP contribution in [0.1, 0.15) is 246 Å². The molecule has 0 heterocycles. The Hall–Kier alpha value is -7.28. The maximum Gasteiger partial charge on any atom is -0.0149 e. The summed E-state index contributed by atoms with van der Waals surface area (Å²) in [5, 5.41) is 11.0. The maximum absolute atomic E-state index is 4.05. The topological polar surface area (TPSA) is 0 Å². The van der Waals surface area contributed by atoms with E-state index in [0.717, 1.165) is 59.2 Å². The van der Waals surface area contributed by atoms with Gasteiger partial charge < -0.3 is 0 Å². The number of allylic oxidation sites excluding steroid dienone is 2. The molecule has 4 aliphatic rings. The molecule has 10 aromatic carbocycles. The molecule has 10 unspecified atom stereocenters. The standard InChI is InChI=1S/4C13H14.2C9H18.2C9H16.2C9H12/c2*1-9-4-7-13-11(3)10(2)5-6-12(13)8-9;2*1-9-8-10(2)12-6-4-5-7-13(12)11(9)3;6*1-7-4-5-8(2)9(3)6-7/h4*4-8H,1-3H3;2*7-9H,4-6H2,1-3H3;2*7-8H,3-6H2,1-2H3;2*4-6H,1-3H3. The van der Waals surface area contributed by atoms with E-state index >= 15 is 0 Å². The average Bonchev–Trinajstić information content (AvgIpc) is 0.817. The Kier molecular flexibility index (Phi) is 36.8. The molecule has 4 fully saturated rings. The first-order valence-corrected chi connectivity index (χ1v) is 41.2. The van der Waals surface area contributed by atoms with Crippen molar-refractivity contribution in [3.63, 3.8) is 0 Å². The van der Waals surface area contributed by atoms with Gasteiger partial charge in [0, 0.05) is 0 Å². The van der Waals surface area contributed by atoms with Gasteiger partial charge in [-0.1, -0.05) is 299 Å². The molecule has 572 valence electrons. The number of fused-ring (bicyclic) bond motifs is 4. The Balaban J connectivity index is 0.000000212. The summed E-state index contributed by atoms with van der Waals surface area (Å²) >= 11 is 0. The van der Waals surface area contributed by atoms with E-state index in [4.69, 9.17) is 0 Å². The van der Waals surface area contributed by atoms with Crippen molar-refractivity contribution >= 4 is 43.1 Å². The van der Waals surface area contributed by atoms with Crippen LogP contribution in [0.3, 0.4) is 0 Å². The molecular weight excluding hydrogens is 1270 g/mol. The van der Waals surface area contributed by atoms with Crippen LogP contribution in [0, 0.1) is 184 Å². The Morgan fingerprint density at radius 2 is 0.519 bits per heavy atom. The van der Waals surface area contributed by atoms with Crippen molar-refractivity contribution in [3.05, 3.63) is 282 Å². The predicted molar refractivity (Wildman–Crippen MR) is 479 cm³/mol. The highest BCUT2D eigenvalue weighted by atomic mass is 14.3. The second-order valence-corrected chi connectivity index (χ2v) is 34.6. The molecule has 106 heavy (non-hydrogen) atoms. The van der Waals surface area contributed by atoms with Gasteiger partial charge in [-0.2, -0.15) is 0 Å². The van der Waals surface area contributed by atoms with Crippen molar-refractivity contribution in [1.29, 1.82) is 0 Å². The minimum atomic E-state index is 0.793. The summed E-state index contributed by atoms with van der Waals surface area (Å²) in [7, 11) is 0. The molecule has 0 bridgehead atoms. The van der Waals surface area contributed by atoms with E-state index in [9.17, 15) is 0 Å². The predicted octanol–water partition coefficient (Wildman–Crippen LogP) is 32.4. The first kappa shape index (κ1) is 89.3. The number of hydrogen-bond acceptors (Lipinski definition) is 0. The van der Waals surface area contributed by atoms with Gasteiger partial charge in [-0.15, -0.1) is 0 Å². The molecule has 4 saturated carbocycles. The monoisotopic (exact) mass is 1420 g/mol. The molecular formula is C106H148. The largest absolute Gasteiger partial charge is 0.0996 e. The lowest BCUT2D eigenvalue weighted by Gasteiger charge is -2.29. The molecule has 0 radical (unpaired) electrons. The van der Waals surface area contributed by atoms with Gasteiger partial charge in [0.15, 0.2) is 0 Å². The fourth-order valence-corrected chi connectivity index (χ4v) is 15.6. The molecule has 4 aliphatic carbocycles. The van der Waals surface area contributed by atoms with E-state index in [1.165, 1.54) is 231 Å². The van der Waals surface area contributed by atoms with Crippen molar-refractivity contribution in [2.24, 2.45) is 59.2 Å². The van der Waals surface area contributed by atoms with Gasteiger partial charge in [0.05, 0.1) is 0 Å². The van der Waals surface area contributed by atoms with Crippen LogP contribution in [0.2, 0.25) is 0 Å². The molecule has 0 nitrogen and oxygen atoms in total. The molecule has 0 amide bonds. The fraction of sp³-hybridized carbons (Fsp3) is 0.472. The second kappa shape index (κ2) is 43.6. The first-order chi connectivity index (χ1) is 50.0. The van der Waals surface area contributed by atoms with Gasteiger partial charge in [0.2, 0.25) is 0 Å². The quantitative estimate of drug-likeness (QED) is 0.133. The summed E-state index contributed by atoms with van der Waals surface area (Å²) < 4.78 is 0. The zero-order valence-electron chi connectivity index (χ0n) is 72.7. The van der Waals surface area contributed by atoms with Crippen LogP contribution in [-0.4, -0.2) is 0 Å². The average molecular weight is 1420 g/mol. The molecule has 0 saturated heterocycles. The van der Waals surface area contributed by atoms with E-state index in [0.29, 0.717) is 0 Å². The zero-order valence-corrected chi connectivity index (χ0v) is 72.7. The van der Waals surface area contributed by atoms with Gasteiger partial charge in [-0.05, 0) is 356 Å². The third-order valence-corrected chi connectivity index (χ3v) is 24.8. The van der Waals surface area contributed by atoms with Crippen molar-refractivity contribution in [3.8, 4) is 0 Å². The molecule has 0 aromatic heterocycles. The summed E-state index contributed by atoms with van der Waals surface area (Å²) in [4.78, 5) is 0. The fourth-order valence-electron chi connectivity index (χ4n) is 15.6. The molecule has 0 N–H and O–H groups in total. The highest BCUT2D eigenvalue weighted by Gasteiger charge is 2.23. The van der Waals surface area contributed by atoms with Crippen molar-refractivity contribution in [1.82, 2.24) is 0 Å².